The number of nitrogens with zero attached hydrogens (tertiary/aromatic N) is 3. The first-order valence-corrected chi connectivity index (χ1v) is 6.58. The summed E-state index contributed by atoms with van der Waals surface area (Å²) < 4.78 is 1.94. The topological polar surface area (TPSA) is 42.7 Å². The third-order valence-corrected chi connectivity index (χ3v) is 3.84. The highest BCUT2D eigenvalue weighted by Gasteiger charge is 2.15. The molecule has 4 nitrogen and oxygen atoms in total. The lowest BCUT2D eigenvalue weighted by atomic mass is 10.1. The Morgan fingerprint density at radius 1 is 1.47 bits per heavy atom. The molecular weight excluding hydrogens is 232 g/mol. The zero-order valence-electron chi connectivity index (χ0n) is 10.7. The second-order valence-electron chi connectivity index (χ2n) is 4.28. The summed E-state index contributed by atoms with van der Waals surface area (Å²) in [5.41, 5.74) is 5.50. The molecule has 0 saturated heterocycles. The standard InChI is InChI=1S/C12H18N4S/c1-8(14-6-11-5-13-7-17-11)12-9(2)15-16(4)10(12)3/h5,7-8,14H,6H2,1-4H3. The Balaban J connectivity index is 2.07. The maximum atomic E-state index is 4.44. The van der Waals surface area contributed by atoms with E-state index >= 15 is 0 Å². The Morgan fingerprint density at radius 3 is 2.76 bits per heavy atom. The van der Waals surface area contributed by atoms with Crippen LogP contribution in [0.4, 0.5) is 0 Å². The molecule has 5 heteroatoms. The van der Waals surface area contributed by atoms with Gasteiger partial charge in [-0.05, 0) is 20.8 Å². The minimum absolute atomic E-state index is 0.311. The summed E-state index contributed by atoms with van der Waals surface area (Å²) in [5, 5.41) is 7.96. The summed E-state index contributed by atoms with van der Waals surface area (Å²) in [5.74, 6) is 0. The number of nitrogens with one attached hydrogen (secondary N) is 1. The van der Waals surface area contributed by atoms with Crippen LogP contribution in [0.1, 0.15) is 34.8 Å². The molecule has 2 aromatic heterocycles. The summed E-state index contributed by atoms with van der Waals surface area (Å²) in [4.78, 5) is 5.33. The Morgan fingerprint density at radius 2 is 2.24 bits per heavy atom. The minimum Gasteiger partial charge on any atom is -0.305 e. The third kappa shape index (κ3) is 2.56. The number of aromatic nitrogens is 3. The Kier molecular flexibility index (Phi) is 3.59. The molecule has 0 spiro atoms. The molecule has 0 aliphatic carbocycles. The number of hydrogen-bond acceptors (Lipinski definition) is 4. The first-order chi connectivity index (χ1) is 8.09. The number of aryl methyl sites for hydroxylation is 2. The van der Waals surface area contributed by atoms with Gasteiger partial charge in [-0.25, -0.2) is 0 Å². The predicted molar refractivity (Wildman–Crippen MR) is 70.1 cm³/mol. The van der Waals surface area contributed by atoms with Gasteiger partial charge in [0.25, 0.3) is 0 Å². The van der Waals surface area contributed by atoms with E-state index < -0.39 is 0 Å². The molecule has 0 saturated carbocycles. The molecule has 1 N–H and O–H groups in total. The molecule has 2 heterocycles. The van der Waals surface area contributed by atoms with E-state index in [-0.39, 0.29) is 0 Å². The molecule has 1 unspecified atom stereocenters. The van der Waals surface area contributed by atoms with Gasteiger partial charge < -0.3 is 5.32 Å². The molecule has 17 heavy (non-hydrogen) atoms. The molecule has 0 radical (unpaired) electrons. The van der Waals surface area contributed by atoms with Crippen LogP contribution in [0.2, 0.25) is 0 Å². The minimum atomic E-state index is 0.311. The van der Waals surface area contributed by atoms with Crippen LogP contribution < -0.4 is 5.32 Å². The van der Waals surface area contributed by atoms with Crippen LogP contribution in [0.15, 0.2) is 11.7 Å². The van der Waals surface area contributed by atoms with Crippen molar-refractivity contribution in [3.8, 4) is 0 Å². The Labute approximate surface area is 106 Å². The summed E-state index contributed by atoms with van der Waals surface area (Å²) in [6.07, 6.45) is 1.91. The molecule has 0 aliphatic heterocycles. The van der Waals surface area contributed by atoms with E-state index in [9.17, 15) is 0 Å². The number of thiazole rings is 1. The molecule has 1 atom stereocenters. The average Bonchev–Trinajstić information content (AvgIpc) is 2.86. The SMILES string of the molecule is Cc1nn(C)c(C)c1C(C)NCc1cncs1. The molecule has 0 aliphatic rings. The van der Waals surface area contributed by atoms with E-state index in [1.165, 1.54) is 16.1 Å². The summed E-state index contributed by atoms with van der Waals surface area (Å²) >= 11 is 1.68. The van der Waals surface area contributed by atoms with Gasteiger partial charge in [-0.3, -0.25) is 9.67 Å². The fraction of sp³-hybridized carbons (Fsp3) is 0.500. The summed E-state index contributed by atoms with van der Waals surface area (Å²) in [6, 6.07) is 0.311. The summed E-state index contributed by atoms with van der Waals surface area (Å²) in [6.45, 7) is 7.21. The molecule has 92 valence electrons. The summed E-state index contributed by atoms with van der Waals surface area (Å²) in [7, 11) is 1.99. The second-order valence-corrected chi connectivity index (χ2v) is 5.25. The first-order valence-electron chi connectivity index (χ1n) is 5.70. The maximum Gasteiger partial charge on any atom is 0.0794 e. The van der Waals surface area contributed by atoms with Gasteiger partial charge in [-0.15, -0.1) is 11.3 Å². The van der Waals surface area contributed by atoms with E-state index in [1.54, 1.807) is 11.3 Å². The fourth-order valence-electron chi connectivity index (χ4n) is 2.10. The molecule has 0 aromatic carbocycles. The van der Waals surface area contributed by atoms with Gasteiger partial charge >= 0.3 is 0 Å². The van der Waals surface area contributed by atoms with Crippen molar-refractivity contribution in [1.82, 2.24) is 20.1 Å². The molecular formula is C12H18N4S. The van der Waals surface area contributed by atoms with Crippen molar-refractivity contribution >= 4 is 11.3 Å². The molecule has 0 amide bonds. The quantitative estimate of drug-likeness (QED) is 0.905. The van der Waals surface area contributed by atoms with Gasteiger partial charge in [0.05, 0.1) is 11.2 Å². The van der Waals surface area contributed by atoms with Crippen molar-refractivity contribution in [3.63, 3.8) is 0 Å². The zero-order chi connectivity index (χ0) is 12.4. The normalized spacial score (nSPS) is 12.9. The van der Waals surface area contributed by atoms with Gasteiger partial charge in [0.2, 0.25) is 0 Å². The van der Waals surface area contributed by atoms with Crippen molar-refractivity contribution in [2.24, 2.45) is 7.05 Å². The van der Waals surface area contributed by atoms with Crippen molar-refractivity contribution in [2.75, 3.05) is 0 Å². The highest BCUT2D eigenvalue weighted by molar-refractivity contribution is 7.09. The lowest BCUT2D eigenvalue weighted by Crippen LogP contribution is -2.18. The second kappa shape index (κ2) is 4.98. The van der Waals surface area contributed by atoms with Crippen molar-refractivity contribution in [2.45, 2.75) is 33.4 Å². The lowest BCUT2D eigenvalue weighted by Gasteiger charge is -2.13. The van der Waals surface area contributed by atoms with Crippen LogP contribution in [0.3, 0.4) is 0 Å². The van der Waals surface area contributed by atoms with Crippen molar-refractivity contribution in [3.05, 3.63) is 33.5 Å². The number of rotatable bonds is 4. The van der Waals surface area contributed by atoms with E-state index in [1.807, 2.05) is 23.4 Å². The van der Waals surface area contributed by atoms with Crippen LogP contribution in [-0.2, 0) is 13.6 Å². The molecule has 2 aromatic rings. The van der Waals surface area contributed by atoms with E-state index in [2.05, 4.69) is 36.2 Å². The molecule has 0 fully saturated rings. The van der Waals surface area contributed by atoms with E-state index in [4.69, 9.17) is 0 Å². The zero-order valence-corrected chi connectivity index (χ0v) is 11.5. The van der Waals surface area contributed by atoms with Crippen LogP contribution in [0, 0.1) is 13.8 Å². The van der Waals surface area contributed by atoms with Crippen molar-refractivity contribution in [1.29, 1.82) is 0 Å². The smallest absolute Gasteiger partial charge is 0.0794 e. The van der Waals surface area contributed by atoms with Crippen LogP contribution in [0.5, 0.6) is 0 Å². The van der Waals surface area contributed by atoms with Gasteiger partial charge in [0.1, 0.15) is 0 Å². The van der Waals surface area contributed by atoms with Gasteiger partial charge in [-0.2, -0.15) is 5.10 Å². The third-order valence-electron chi connectivity index (χ3n) is 3.06. The molecule has 0 bridgehead atoms. The Bertz CT molecular complexity index is 487. The largest absolute Gasteiger partial charge is 0.305 e. The van der Waals surface area contributed by atoms with Crippen LogP contribution >= 0.6 is 11.3 Å². The van der Waals surface area contributed by atoms with Gasteiger partial charge in [-0.1, -0.05) is 0 Å². The van der Waals surface area contributed by atoms with Gasteiger partial charge in [0.15, 0.2) is 0 Å². The monoisotopic (exact) mass is 250 g/mol. The average molecular weight is 250 g/mol. The first kappa shape index (κ1) is 12.3. The maximum absolute atomic E-state index is 4.44. The van der Waals surface area contributed by atoms with Crippen LogP contribution in [0.25, 0.3) is 0 Å². The number of hydrogen-bond donors (Lipinski definition) is 1. The lowest BCUT2D eigenvalue weighted by molar-refractivity contribution is 0.572. The highest BCUT2D eigenvalue weighted by atomic mass is 32.1. The fourth-order valence-corrected chi connectivity index (χ4v) is 2.65. The van der Waals surface area contributed by atoms with Crippen LogP contribution in [-0.4, -0.2) is 14.8 Å². The van der Waals surface area contributed by atoms with E-state index in [0.29, 0.717) is 6.04 Å². The van der Waals surface area contributed by atoms with E-state index in [0.717, 1.165) is 12.2 Å². The predicted octanol–water partition coefficient (Wildman–Crippen LogP) is 2.34. The Hall–Kier alpha value is -1.20. The van der Waals surface area contributed by atoms with Crippen molar-refractivity contribution < 1.29 is 0 Å². The highest BCUT2D eigenvalue weighted by Crippen LogP contribution is 2.21. The molecule has 2 rings (SSSR count). The van der Waals surface area contributed by atoms with Gasteiger partial charge in [0, 0.05) is 42.0 Å².